The van der Waals surface area contributed by atoms with Crippen LogP contribution >= 0.6 is 0 Å². The van der Waals surface area contributed by atoms with Gasteiger partial charge in [-0.1, -0.05) is 0 Å². The van der Waals surface area contributed by atoms with E-state index in [1.165, 1.54) is 22.3 Å². The summed E-state index contributed by atoms with van der Waals surface area (Å²) in [5.41, 5.74) is 8.82. The standard InChI is InChI=1S/C24H20N4/c1-2-18-6-10-26-22(14-18)24-16-20(8-12-28-24)4-3-19-7-11-27-23(15-19)21-13-17(1)5-9-25-21/h5-16H,1-4H2. The van der Waals surface area contributed by atoms with Crippen molar-refractivity contribution in [2.24, 2.45) is 0 Å². The van der Waals surface area contributed by atoms with E-state index in [0.29, 0.717) is 0 Å². The minimum absolute atomic E-state index is 0.938. The van der Waals surface area contributed by atoms with Crippen LogP contribution in [0.5, 0.6) is 0 Å². The zero-order chi connectivity index (χ0) is 18.8. The number of aryl methyl sites for hydroxylation is 4. The molecule has 8 bridgehead atoms. The van der Waals surface area contributed by atoms with Gasteiger partial charge in [0.05, 0.1) is 22.8 Å². The third-order valence-electron chi connectivity index (χ3n) is 5.23. The highest BCUT2D eigenvalue weighted by atomic mass is 14.8. The van der Waals surface area contributed by atoms with Crippen LogP contribution in [0.1, 0.15) is 22.3 Å². The first kappa shape index (κ1) is 16.8. The summed E-state index contributed by atoms with van der Waals surface area (Å²) < 4.78 is 0. The van der Waals surface area contributed by atoms with E-state index < -0.39 is 0 Å². The third-order valence-corrected chi connectivity index (χ3v) is 5.23. The summed E-state index contributed by atoms with van der Waals surface area (Å²) in [4.78, 5) is 18.2. The van der Waals surface area contributed by atoms with E-state index in [2.05, 4.69) is 68.5 Å². The molecule has 0 unspecified atom stereocenters. The van der Waals surface area contributed by atoms with E-state index in [1.54, 1.807) is 0 Å². The fourth-order valence-electron chi connectivity index (χ4n) is 3.66. The molecule has 0 fully saturated rings. The Kier molecular flexibility index (Phi) is 4.37. The van der Waals surface area contributed by atoms with Gasteiger partial charge >= 0.3 is 0 Å². The Morgan fingerprint density at radius 2 is 0.643 bits per heavy atom. The Labute approximate surface area is 164 Å². The summed E-state index contributed by atoms with van der Waals surface area (Å²) in [6.45, 7) is 0. The summed E-state index contributed by atoms with van der Waals surface area (Å²) in [7, 11) is 0. The maximum absolute atomic E-state index is 4.55. The van der Waals surface area contributed by atoms with Crippen molar-refractivity contribution < 1.29 is 0 Å². The molecule has 0 saturated heterocycles. The summed E-state index contributed by atoms with van der Waals surface area (Å²) >= 11 is 0. The van der Waals surface area contributed by atoms with Crippen molar-refractivity contribution in [3.05, 3.63) is 95.6 Å². The van der Waals surface area contributed by atoms with Gasteiger partial charge in [0.25, 0.3) is 0 Å². The first-order valence-electron chi connectivity index (χ1n) is 9.64. The molecule has 0 aliphatic heterocycles. The Morgan fingerprint density at radius 3 is 0.893 bits per heavy atom. The number of rotatable bonds is 0. The Morgan fingerprint density at radius 1 is 0.393 bits per heavy atom. The van der Waals surface area contributed by atoms with Crippen molar-refractivity contribution in [2.45, 2.75) is 25.7 Å². The molecule has 4 heterocycles. The molecule has 28 heavy (non-hydrogen) atoms. The first-order valence-corrected chi connectivity index (χ1v) is 9.64. The highest BCUT2D eigenvalue weighted by molar-refractivity contribution is 5.57. The molecule has 4 nitrogen and oxygen atoms in total. The van der Waals surface area contributed by atoms with Crippen molar-refractivity contribution >= 4 is 0 Å². The second kappa shape index (κ2) is 7.31. The lowest BCUT2D eigenvalue weighted by atomic mass is 10.0. The molecule has 0 spiro atoms. The Balaban J connectivity index is 1.60. The number of hydrogen-bond donors (Lipinski definition) is 0. The number of fused-ring (bicyclic) bond motifs is 10. The van der Waals surface area contributed by atoms with Crippen molar-refractivity contribution in [3.63, 3.8) is 0 Å². The van der Waals surface area contributed by atoms with Gasteiger partial charge in [-0.3, -0.25) is 19.9 Å². The zero-order valence-corrected chi connectivity index (χ0v) is 15.5. The molecule has 1 aliphatic carbocycles. The van der Waals surface area contributed by atoms with Gasteiger partial charge in [0.2, 0.25) is 0 Å². The second-order valence-electron chi connectivity index (χ2n) is 7.20. The van der Waals surface area contributed by atoms with Crippen LogP contribution in [0.25, 0.3) is 22.8 Å². The van der Waals surface area contributed by atoms with Crippen LogP contribution in [0.3, 0.4) is 0 Å². The topological polar surface area (TPSA) is 51.6 Å². The molecule has 4 heteroatoms. The van der Waals surface area contributed by atoms with Crippen LogP contribution in [-0.2, 0) is 25.7 Å². The SMILES string of the molecule is c1cc2cc(n1)-c1cc(ccn1)CCc1ccnc(c1)-c1cc(ccn1)CC2. The lowest BCUT2D eigenvalue weighted by Crippen LogP contribution is -1.99. The second-order valence-corrected chi connectivity index (χ2v) is 7.20. The number of hydrogen-bond acceptors (Lipinski definition) is 4. The quantitative estimate of drug-likeness (QED) is 0.461. The Bertz CT molecular complexity index is 955. The molecule has 0 amide bonds. The van der Waals surface area contributed by atoms with Crippen LogP contribution in [0.2, 0.25) is 0 Å². The Hall–Kier alpha value is -3.40. The maximum atomic E-state index is 4.55. The molecule has 4 aromatic rings. The van der Waals surface area contributed by atoms with E-state index >= 15 is 0 Å². The molecular weight excluding hydrogens is 344 g/mol. The average molecular weight is 364 g/mol. The first-order chi connectivity index (χ1) is 13.8. The monoisotopic (exact) mass is 364 g/mol. The minimum atomic E-state index is 0.938. The lowest BCUT2D eigenvalue weighted by Gasteiger charge is -2.09. The van der Waals surface area contributed by atoms with Crippen LogP contribution in [0.4, 0.5) is 0 Å². The smallest absolute Gasteiger partial charge is 0.0888 e. The van der Waals surface area contributed by atoms with Gasteiger partial charge in [0.15, 0.2) is 0 Å². The van der Waals surface area contributed by atoms with Crippen LogP contribution in [-0.4, -0.2) is 19.9 Å². The molecule has 5 rings (SSSR count). The van der Waals surface area contributed by atoms with Gasteiger partial charge < -0.3 is 0 Å². The average Bonchev–Trinajstić information content (AvgIpc) is 2.77. The van der Waals surface area contributed by atoms with Crippen molar-refractivity contribution in [2.75, 3.05) is 0 Å². The van der Waals surface area contributed by atoms with Gasteiger partial charge in [-0.15, -0.1) is 0 Å². The molecule has 136 valence electrons. The van der Waals surface area contributed by atoms with Gasteiger partial charge in [-0.05, 0) is 96.5 Å². The molecule has 0 atom stereocenters. The summed E-state index contributed by atoms with van der Waals surface area (Å²) in [5, 5.41) is 0. The predicted molar refractivity (Wildman–Crippen MR) is 110 cm³/mol. The van der Waals surface area contributed by atoms with Crippen LogP contribution < -0.4 is 0 Å². The fourth-order valence-corrected chi connectivity index (χ4v) is 3.66. The van der Waals surface area contributed by atoms with Crippen LogP contribution in [0, 0.1) is 0 Å². The minimum Gasteiger partial charge on any atom is -0.255 e. The number of aromatic nitrogens is 4. The fraction of sp³-hybridized carbons (Fsp3) is 0.167. The molecule has 0 aromatic carbocycles. The molecule has 0 saturated carbocycles. The van der Waals surface area contributed by atoms with E-state index in [-0.39, 0.29) is 0 Å². The lowest BCUT2D eigenvalue weighted by molar-refractivity contribution is 0.942. The van der Waals surface area contributed by atoms with E-state index in [0.717, 1.165) is 48.5 Å². The highest BCUT2D eigenvalue weighted by Crippen LogP contribution is 2.22. The van der Waals surface area contributed by atoms with Crippen molar-refractivity contribution in [3.8, 4) is 22.8 Å². The number of nitrogens with zero attached hydrogens (tertiary/aromatic N) is 4. The third kappa shape index (κ3) is 3.54. The maximum Gasteiger partial charge on any atom is 0.0888 e. The van der Waals surface area contributed by atoms with Crippen molar-refractivity contribution in [1.29, 1.82) is 0 Å². The molecular formula is C24H20N4. The summed E-state index contributed by atoms with van der Waals surface area (Å²) in [6, 6.07) is 17.0. The van der Waals surface area contributed by atoms with Crippen LogP contribution in [0.15, 0.2) is 73.3 Å². The molecule has 1 aliphatic rings. The highest BCUT2D eigenvalue weighted by Gasteiger charge is 2.08. The molecule has 0 radical (unpaired) electrons. The summed E-state index contributed by atoms with van der Waals surface area (Å²) in [6.07, 6.45) is 11.3. The van der Waals surface area contributed by atoms with Gasteiger partial charge in [-0.25, -0.2) is 0 Å². The van der Waals surface area contributed by atoms with Gasteiger partial charge in [0, 0.05) is 24.8 Å². The normalized spacial score (nSPS) is 13.1. The summed E-state index contributed by atoms with van der Waals surface area (Å²) in [5.74, 6) is 0. The van der Waals surface area contributed by atoms with Crippen molar-refractivity contribution in [1.82, 2.24) is 19.9 Å². The largest absolute Gasteiger partial charge is 0.255 e. The van der Waals surface area contributed by atoms with Gasteiger partial charge in [-0.2, -0.15) is 0 Å². The number of pyridine rings is 4. The van der Waals surface area contributed by atoms with E-state index in [4.69, 9.17) is 0 Å². The van der Waals surface area contributed by atoms with E-state index in [9.17, 15) is 0 Å². The predicted octanol–water partition coefficient (Wildman–Crippen LogP) is 4.48. The van der Waals surface area contributed by atoms with Gasteiger partial charge in [0.1, 0.15) is 0 Å². The molecule has 4 aromatic heterocycles. The zero-order valence-electron chi connectivity index (χ0n) is 15.5. The van der Waals surface area contributed by atoms with E-state index in [1.807, 2.05) is 24.8 Å². The molecule has 0 N–H and O–H groups in total.